The molecule has 0 aromatic carbocycles. The number of methoxy groups -OCH3 is 3. The van der Waals surface area contributed by atoms with E-state index in [4.69, 9.17) is 18.9 Å². The zero-order chi connectivity index (χ0) is 24.5. The first-order chi connectivity index (χ1) is 15.7. The van der Waals surface area contributed by atoms with Gasteiger partial charge in [-0.1, -0.05) is 39.0 Å². The molecule has 7 nitrogen and oxygen atoms in total. The molecular weight excluding hydrogens is 424 g/mol. The van der Waals surface area contributed by atoms with Gasteiger partial charge in [-0.3, -0.25) is 9.59 Å². The molecule has 0 spiro atoms. The minimum absolute atomic E-state index is 0.0483. The molecule has 0 amide bonds. The monoisotopic (exact) mass is 466 g/mol. The third-order valence-electron chi connectivity index (χ3n) is 7.29. The number of hydrogen-bond acceptors (Lipinski definition) is 7. The number of fused-ring (bicyclic) bond motifs is 1. The van der Waals surface area contributed by atoms with E-state index < -0.39 is 6.10 Å². The van der Waals surface area contributed by atoms with Crippen molar-refractivity contribution in [1.29, 1.82) is 0 Å². The molecule has 0 saturated heterocycles. The molecule has 0 saturated carbocycles. The fourth-order valence-corrected chi connectivity index (χ4v) is 4.95. The van der Waals surface area contributed by atoms with Crippen LogP contribution in [-0.4, -0.2) is 62.8 Å². The van der Waals surface area contributed by atoms with Gasteiger partial charge in [0.15, 0.2) is 0 Å². The van der Waals surface area contributed by atoms with Crippen molar-refractivity contribution in [3.63, 3.8) is 0 Å². The van der Waals surface area contributed by atoms with Crippen molar-refractivity contribution in [2.24, 2.45) is 23.7 Å². The maximum atomic E-state index is 12.6. The average Bonchev–Trinajstić information content (AvgIpc) is 2.80. The first kappa shape index (κ1) is 27.5. The summed E-state index contributed by atoms with van der Waals surface area (Å²) in [4.78, 5) is 24.2. The zero-order valence-electron chi connectivity index (χ0n) is 21.0. The number of rotatable bonds is 12. The summed E-state index contributed by atoms with van der Waals surface area (Å²) in [5.41, 5.74) is 1.05. The van der Waals surface area contributed by atoms with Gasteiger partial charge in [0.1, 0.15) is 6.10 Å². The van der Waals surface area contributed by atoms with Crippen LogP contribution in [0, 0.1) is 23.7 Å². The molecular formula is C26H42O7. The molecule has 2 aliphatic carbocycles. The summed E-state index contributed by atoms with van der Waals surface area (Å²) in [7, 11) is 4.64. The topological polar surface area (TPSA) is 91.3 Å². The third kappa shape index (κ3) is 7.66. The maximum Gasteiger partial charge on any atom is 0.308 e. The van der Waals surface area contributed by atoms with Crippen LogP contribution in [0.15, 0.2) is 23.8 Å². The van der Waals surface area contributed by atoms with Gasteiger partial charge in [0.05, 0.1) is 37.8 Å². The summed E-state index contributed by atoms with van der Waals surface area (Å²) >= 11 is 0. The highest BCUT2D eigenvalue weighted by atomic mass is 16.5. The van der Waals surface area contributed by atoms with Crippen LogP contribution in [0.2, 0.25) is 0 Å². The summed E-state index contributed by atoms with van der Waals surface area (Å²) in [6.45, 7) is 6.04. The molecule has 0 aromatic heterocycles. The van der Waals surface area contributed by atoms with E-state index in [1.54, 1.807) is 14.2 Å². The Kier molecular flexibility index (Phi) is 11.1. The van der Waals surface area contributed by atoms with Gasteiger partial charge in [-0.05, 0) is 36.7 Å². The Morgan fingerprint density at radius 1 is 1.18 bits per heavy atom. The third-order valence-corrected chi connectivity index (χ3v) is 7.29. The van der Waals surface area contributed by atoms with Crippen LogP contribution >= 0.6 is 0 Å². The van der Waals surface area contributed by atoms with Crippen LogP contribution in [0.5, 0.6) is 0 Å². The van der Waals surface area contributed by atoms with E-state index in [1.165, 1.54) is 7.11 Å². The van der Waals surface area contributed by atoms with Crippen LogP contribution in [-0.2, 0) is 28.5 Å². The second-order valence-corrected chi connectivity index (χ2v) is 9.47. The summed E-state index contributed by atoms with van der Waals surface area (Å²) < 4.78 is 21.9. The van der Waals surface area contributed by atoms with Crippen LogP contribution in [0.25, 0.3) is 0 Å². The van der Waals surface area contributed by atoms with Crippen molar-refractivity contribution in [1.82, 2.24) is 0 Å². The van der Waals surface area contributed by atoms with Crippen molar-refractivity contribution in [2.45, 2.75) is 83.7 Å². The molecule has 8 atom stereocenters. The van der Waals surface area contributed by atoms with Crippen molar-refractivity contribution < 1.29 is 33.6 Å². The van der Waals surface area contributed by atoms with Gasteiger partial charge in [0, 0.05) is 33.0 Å². The van der Waals surface area contributed by atoms with E-state index in [2.05, 4.69) is 19.1 Å². The lowest BCUT2D eigenvalue weighted by molar-refractivity contribution is -0.159. The predicted octanol–water partition coefficient (Wildman–Crippen LogP) is 3.84. The molecule has 0 aromatic rings. The van der Waals surface area contributed by atoms with Gasteiger partial charge in [0.25, 0.3) is 0 Å². The summed E-state index contributed by atoms with van der Waals surface area (Å²) in [6.07, 6.45) is 8.45. The number of carbonyl (C=O) groups is 2. The lowest BCUT2D eigenvalue weighted by atomic mass is 9.66. The standard InChI is InChI=1S/C26H42O7/c1-7-16(2)26(29)33-23-13-19(27)12-18-9-8-17(3)22(25(18)23)11-10-20(30-4)14-21(31-5)15-24(28)32-6/h8-9,12,16-17,19-23,25,27H,7,10-11,13-15H2,1-6H3/t16-,17-,19+,20+,21+,22-,23-,25-/m0/s1. The van der Waals surface area contributed by atoms with E-state index >= 15 is 0 Å². The minimum atomic E-state index is -0.614. The second kappa shape index (κ2) is 13.3. The van der Waals surface area contributed by atoms with E-state index in [0.29, 0.717) is 18.8 Å². The molecule has 0 heterocycles. The number of ether oxygens (including phenoxy) is 4. The molecule has 1 N–H and O–H groups in total. The van der Waals surface area contributed by atoms with Crippen molar-refractivity contribution in [3.8, 4) is 0 Å². The molecule has 0 aliphatic heterocycles. The number of carbonyl (C=O) groups excluding carboxylic acids is 2. The van der Waals surface area contributed by atoms with Crippen LogP contribution in [0.4, 0.5) is 0 Å². The van der Waals surface area contributed by atoms with E-state index in [9.17, 15) is 14.7 Å². The van der Waals surface area contributed by atoms with Crippen LogP contribution in [0.1, 0.15) is 59.3 Å². The van der Waals surface area contributed by atoms with E-state index in [-0.39, 0.29) is 54.4 Å². The van der Waals surface area contributed by atoms with Crippen LogP contribution in [0.3, 0.4) is 0 Å². The Labute approximate surface area is 198 Å². The van der Waals surface area contributed by atoms with Gasteiger partial charge in [-0.2, -0.15) is 0 Å². The Morgan fingerprint density at radius 3 is 2.48 bits per heavy atom. The maximum absolute atomic E-state index is 12.6. The highest BCUT2D eigenvalue weighted by Crippen LogP contribution is 2.44. The fraction of sp³-hybridized carbons (Fsp3) is 0.769. The molecule has 33 heavy (non-hydrogen) atoms. The second-order valence-electron chi connectivity index (χ2n) is 9.47. The van der Waals surface area contributed by atoms with Gasteiger partial charge in [-0.15, -0.1) is 0 Å². The number of esters is 2. The zero-order valence-corrected chi connectivity index (χ0v) is 21.0. The Bertz CT molecular complexity index is 701. The number of aliphatic hydroxyl groups is 1. The summed E-state index contributed by atoms with van der Waals surface area (Å²) in [6, 6.07) is 0. The van der Waals surface area contributed by atoms with Crippen molar-refractivity contribution in [3.05, 3.63) is 23.8 Å². The molecule has 0 unspecified atom stereocenters. The first-order valence-corrected chi connectivity index (χ1v) is 12.1. The highest BCUT2D eigenvalue weighted by Gasteiger charge is 2.42. The summed E-state index contributed by atoms with van der Waals surface area (Å²) in [5, 5.41) is 10.4. The molecule has 0 bridgehead atoms. The quantitative estimate of drug-likeness (QED) is 0.437. The first-order valence-electron chi connectivity index (χ1n) is 12.1. The number of aliphatic hydroxyl groups excluding tert-OH is 1. The summed E-state index contributed by atoms with van der Waals surface area (Å²) in [5.74, 6) is -0.0558. The average molecular weight is 467 g/mol. The Morgan fingerprint density at radius 2 is 1.88 bits per heavy atom. The van der Waals surface area contributed by atoms with Crippen molar-refractivity contribution >= 4 is 11.9 Å². The van der Waals surface area contributed by atoms with Crippen molar-refractivity contribution in [2.75, 3.05) is 21.3 Å². The normalized spacial score (nSPS) is 29.4. The Hall–Kier alpha value is -1.70. The molecule has 7 heteroatoms. The lowest BCUT2D eigenvalue weighted by Gasteiger charge is -2.43. The van der Waals surface area contributed by atoms with Gasteiger partial charge in [-0.25, -0.2) is 0 Å². The SMILES string of the molecule is CC[C@H](C)C(=O)O[C@H]1C[C@H](O)C=C2C=C[C@H](C)[C@H](CC[C@H](C[C@H](CC(=O)OC)OC)OC)[C@H]21. The molecule has 2 rings (SSSR count). The smallest absolute Gasteiger partial charge is 0.308 e. The largest absolute Gasteiger partial charge is 0.469 e. The van der Waals surface area contributed by atoms with Gasteiger partial charge >= 0.3 is 11.9 Å². The lowest BCUT2D eigenvalue weighted by Crippen LogP contribution is -2.43. The predicted molar refractivity (Wildman–Crippen MR) is 125 cm³/mol. The minimum Gasteiger partial charge on any atom is -0.469 e. The van der Waals surface area contributed by atoms with Gasteiger partial charge < -0.3 is 24.1 Å². The van der Waals surface area contributed by atoms with E-state index in [1.807, 2.05) is 19.9 Å². The van der Waals surface area contributed by atoms with Crippen LogP contribution < -0.4 is 0 Å². The number of hydrogen-bond donors (Lipinski definition) is 1. The fourth-order valence-electron chi connectivity index (χ4n) is 4.95. The molecule has 0 fully saturated rings. The molecule has 2 aliphatic rings. The molecule has 0 radical (unpaired) electrons. The van der Waals surface area contributed by atoms with E-state index in [0.717, 1.165) is 24.8 Å². The number of allylic oxidation sites excluding steroid dienone is 2. The molecule has 188 valence electrons. The Balaban J connectivity index is 2.12. The van der Waals surface area contributed by atoms with Gasteiger partial charge in [0.2, 0.25) is 0 Å². The highest BCUT2D eigenvalue weighted by molar-refractivity contribution is 5.72.